The summed E-state index contributed by atoms with van der Waals surface area (Å²) in [5, 5.41) is 3.40. The summed E-state index contributed by atoms with van der Waals surface area (Å²) in [4.78, 5) is 0. The topological polar surface area (TPSA) is 0 Å². The summed E-state index contributed by atoms with van der Waals surface area (Å²) in [6.45, 7) is 0. The molecule has 4 aliphatic carbocycles. The van der Waals surface area contributed by atoms with Crippen LogP contribution in [0.2, 0.25) is 0 Å². The molecule has 0 N–H and O–H groups in total. The van der Waals surface area contributed by atoms with Crippen LogP contribution in [0.4, 0.5) is 0 Å². The van der Waals surface area contributed by atoms with Crippen molar-refractivity contribution in [2.24, 2.45) is 0 Å². The van der Waals surface area contributed by atoms with E-state index in [1.807, 2.05) is 0 Å². The molecule has 4 saturated carbocycles. The Balaban J connectivity index is 0.000000144. The van der Waals surface area contributed by atoms with Gasteiger partial charge in [0.2, 0.25) is 0 Å². The molecule has 4 aliphatic rings. The minimum absolute atomic E-state index is 0. The smallest absolute Gasteiger partial charge is 0.299 e. The van der Waals surface area contributed by atoms with Gasteiger partial charge in [0.05, 0.1) is 11.6 Å². The maximum atomic E-state index is 2.62. The fourth-order valence-corrected chi connectivity index (χ4v) is 12.0. The van der Waals surface area contributed by atoms with Crippen LogP contribution in [0.1, 0.15) is 149 Å². The van der Waals surface area contributed by atoms with Gasteiger partial charge in [-0.1, -0.05) is 62.5 Å². The molecule has 8 rings (SSSR count). The second kappa shape index (κ2) is 14.3. The zero-order chi connectivity index (χ0) is 26.7. The molecule has 214 valence electrons. The van der Waals surface area contributed by atoms with E-state index < -0.39 is 0 Å². The summed E-state index contributed by atoms with van der Waals surface area (Å²) in [6.07, 6.45) is 23.1. The van der Waals surface area contributed by atoms with Crippen LogP contribution in [0.15, 0.2) is 60.1 Å². The van der Waals surface area contributed by atoms with Crippen LogP contribution in [0.25, 0.3) is 21.7 Å². The minimum atomic E-state index is 0. The summed E-state index contributed by atoms with van der Waals surface area (Å²) in [7, 11) is 1.85. The first-order chi connectivity index (χ1) is 19.9. The van der Waals surface area contributed by atoms with E-state index in [-0.39, 0.29) is 26.2 Å². The van der Waals surface area contributed by atoms with Gasteiger partial charge in [-0.2, -0.15) is 0 Å². The van der Waals surface area contributed by atoms with Gasteiger partial charge in [0.1, 0.15) is 0 Å². The van der Waals surface area contributed by atoms with E-state index in [9.17, 15) is 0 Å². The predicted octanol–water partition coefficient (Wildman–Crippen LogP) is 12.8. The normalized spacial score (nSPS) is 20.9. The summed E-state index contributed by atoms with van der Waals surface area (Å²) in [5.41, 5.74) is 10.2. The Bertz CT molecular complexity index is 1210. The second-order valence-electron chi connectivity index (χ2n) is 13.3. The first-order valence-electron chi connectivity index (χ1n) is 16.7. The van der Waals surface area contributed by atoms with E-state index in [0.717, 1.165) is 40.1 Å². The summed E-state index contributed by atoms with van der Waals surface area (Å²) < 4.78 is 0. The van der Waals surface area contributed by atoms with Crippen molar-refractivity contribution in [1.82, 2.24) is 0 Å². The Morgan fingerprint density at radius 2 is 0.854 bits per heavy atom. The van der Waals surface area contributed by atoms with E-state index in [1.165, 1.54) is 114 Å². The molecule has 0 saturated heterocycles. The molecular formula is C38H48P2Zr. The predicted molar refractivity (Wildman–Crippen MR) is 179 cm³/mol. The molecule has 0 bridgehead atoms. The molecule has 41 heavy (non-hydrogen) atoms. The first-order valence-corrected chi connectivity index (χ1v) is 18.9. The molecule has 2 atom stereocenters. The Hall–Kier alpha value is -0.857. The third-order valence-electron chi connectivity index (χ3n) is 10.9. The van der Waals surface area contributed by atoms with Gasteiger partial charge in [-0.3, -0.25) is 24.3 Å². The molecule has 2 aromatic heterocycles. The van der Waals surface area contributed by atoms with E-state index in [1.54, 1.807) is 32.8 Å². The van der Waals surface area contributed by atoms with Gasteiger partial charge in [-0.05, 0) is 96.8 Å². The summed E-state index contributed by atoms with van der Waals surface area (Å²) in [6, 6.07) is 18.1. The molecule has 4 fully saturated rings. The number of hydrogen-bond donors (Lipinski definition) is 0. The van der Waals surface area contributed by atoms with Crippen molar-refractivity contribution < 1.29 is 26.2 Å². The van der Waals surface area contributed by atoms with Gasteiger partial charge in [-0.15, -0.1) is 0 Å². The SMILES string of the molecule is [Zr+2].c1c[cH-]c(-[c-]2[pH+]cc(C3CCCC3)c2C2CCCC2)c1.c1c[cH-]c(-[c-]2[pH+]cc(C3CCCC3)c2C2CCCC2)c1. The molecule has 0 aliphatic heterocycles. The maximum absolute atomic E-state index is 2.62. The van der Waals surface area contributed by atoms with Crippen molar-refractivity contribution in [3.05, 3.63) is 82.4 Å². The van der Waals surface area contributed by atoms with Crippen LogP contribution in [-0.2, 0) is 26.2 Å². The Morgan fingerprint density at radius 1 is 0.512 bits per heavy atom. The molecule has 0 amide bonds. The van der Waals surface area contributed by atoms with Crippen LogP contribution >= 0.6 is 16.4 Å². The van der Waals surface area contributed by atoms with Crippen LogP contribution in [0, 0.1) is 0 Å². The third-order valence-corrected chi connectivity index (χ3v) is 13.5. The molecule has 2 aromatic carbocycles. The van der Waals surface area contributed by atoms with Crippen LogP contribution in [0.3, 0.4) is 0 Å². The van der Waals surface area contributed by atoms with E-state index in [0.29, 0.717) is 0 Å². The van der Waals surface area contributed by atoms with E-state index >= 15 is 0 Å². The fourth-order valence-electron chi connectivity index (χ4n) is 8.92. The van der Waals surface area contributed by atoms with Gasteiger partial charge in [0.15, 0.2) is 0 Å². The molecule has 4 aromatic rings. The number of rotatable bonds is 6. The molecule has 0 nitrogen and oxygen atoms in total. The number of hydrogen-bond acceptors (Lipinski definition) is 0. The monoisotopic (exact) mass is 656 g/mol. The van der Waals surface area contributed by atoms with Gasteiger partial charge < -0.3 is 0 Å². The van der Waals surface area contributed by atoms with Gasteiger partial charge in [0.25, 0.3) is 0 Å². The molecule has 3 heteroatoms. The van der Waals surface area contributed by atoms with Crippen LogP contribution in [0.5, 0.6) is 0 Å². The van der Waals surface area contributed by atoms with Crippen molar-refractivity contribution in [3.8, 4) is 21.7 Å². The van der Waals surface area contributed by atoms with Gasteiger partial charge in [-0.25, -0.2) is 35.4 Å². The van der Waals surface area contributed by atoms with Crippen molar-refractivity contribution in [1.29, 1.82) is 0 Å². The quantitative estimate of drug-likeness (QED) is 0.181. The Labute approximate surface area is 271 Å². The van der Waals surface area contributed by atoms with E-state index in [2.05, 4.69) is 60.1 Å². The average Bonchev–Trinajstić information content (AvgIpc) is 3.84. The van der Waals surface area contributed by atoms with Crippen LogP contribution in [-0.4, -0.2) is 0 Å². The second-order valence-corrected chi connectivity index (χ2v) is 15.5. The molecule has 0 radical (unpaired) electrons. The Morgan fingerprint density at radius 3 is 1.17 bits per heavy atom. The maximum Gasteiger partial charge on any atom is 2.00 e. The molecule has 2 unspecified atom stereocenters. The standard InChI is InChI=1S/2C19H24P.Zr/c2*1-2-8-14(7-1)17-13-20-19(16-11-5-6-12-16)18(17)15-9-3-4-10-15;/h2*5-6,11-15,20H,1-4,7-10H2;/q2*-1;+2. The summed E-state index contributed by atoms with van der Waals surface area (Å²) in [5.74, 6) is 8.78. The van der Waals surface area contributed by atoms with Crippen molar-refractivity contribution in [3.63, 3.8) is 0 Å². The average molecular weight is 658 g/mol. The zero-order valence-electron chi connectivity index (χ0n) is 24.9. The fraction of sp³-hybridized carbons (Fsp3) is 0.526. The zero-order valence-corrected chi connectivity index (χ0v) is 29.4. The van der Waals surface area contributed by atoms with Gasteiger partial charge >= 0.3 is 26.2 Å². The van der Waals surface area contributed by atoms with Gasteiger partial charge in [0, 0.05) is 16.4 Å². The van der Waals surface area contributed by atoms with Crippen molar-refractivity contribution >= 4 is 16.4 Å². The van der Waals surface area contributed by atoms with E-state index in [4.69, 9.17) is 0 Å². The third kappa shape index (κ3) is 6.50. The van der Waals surface area contributed by atoms with Crippen LogP contribution < -0.4 is 0 Å². The van der Waals surface area contributed by atoms with Crippen molar-refractivity contribution in [2.75, 3.05) is 0 Å². The first kappa shape index (κ1) is 30.2. The largest absolute Gasteiger partial charge is 2.00 e. The molecule has 2 heterocycles. The minimum Gasteiger partial charge on any atom is -0.299 e. The van der Waals surface area contributed by atoms with Crippen molar-refractivity contribution in [2.45, 2.75) is 126 Å². The molecule has 0 spiro atoms. The molecular weight excluding hydrogens is 610 g/mol. The Kier molecular flexibility index (Phi) is 10.5. The summed E-state index contributed by atoms with van der Waals surface area (Å²) >= 11 is 0.